The minimum absolute atomic E-state index is 0.286. The number of phosphoric acid groups is 3. The van der Waals surface area contributed by atoms with Crippen molar-refractivity contribution in [3.63, 3.8) is 0 Å². The van der Waals surface area contributed by atoms with Crippen LogP contribution in [0, 0.1) is 0 Å². The molecule has 6 N–H and O–H groups in total. The highest BCUT2D eigenvalue weighted by molar-refractivity contribution is 7.66. The van der Waals surface area contributed by atoms with Crippen LogP contribution in [0.5, 0.6) is 0 Å². The molecule has 0 aromatic carbocycles. The zero-order chi connectivity index (χ0) is 21.4. The molecule has 2 aromatic heterocycles. The van der Waals surface area contributed by atoms with Gasteiger partial charge in [0.15, 0.2) is 5.82 Å². The molecule has 162 valence electrons. The smallest absolute Gasteiger partial charge is 0.382 e. The molecule has 0 bridgehead atoms. The van der Waals surface area contributed by atoms with Crippen LogP contribution in [-0.4, -0.2) is 46.9 Å². The Kier molecular flexibility index (Phi) is 6.31. The number of hydrogen-bond acceptors (Lipinski definition) is 10. The fourth-order valence-corrected chi connectivity index (χ4v) is 5.79. The van der Waals surface area contributed by atoms with Gasteiger partial charge in [0, 0.05) is 0 Å². The van der Waals surface area contributed by atoms with Crippen molar-refractivity contribution >= 4 is 34.8 Å². The minimum atomic E-state index is -5.55. The quantitative estimate of drug-likeness (QED) is 0.335. The maximum atomic E-state index is 11.7. The number of aromatic nitrogens is 3. The summed E-state index contributed by atoms with van der Waals surface area (Å²) in [6, 6.07) is 3.46. The molecule has 0 amide bonds. The van der Waals surface area contributed by atoms with E-state index in [-0.39, 0.29) is 5.82 Å². The van der Waals surface area contributed by atoms with E-state index in [1.807, 2.05) is 0 Å². The fourth-order valence-electron chi connectivity index (χ4n) is 2.74. The summed E-state index contributed by atoms with van der Waals surface area (Å²) < 4.78 is 52.8. The summed E-state index contributed by atoms with van der Waals surface area (Å²) in [6.07, 6.45) is 1.11. The Hall–Kier alpha value is -1.21. The molecule has 0 spiro atoms. The van der Waals surface area contributed by atoms with E-state index in [0.29, 0.717) is 24.1 Å². The normalized spacial score (nSPS) is 24.4. The molecule has 0 radical (unpaired) electrons. The lowest BCUT2D eigenvalue weighted by atomic mass is 10.1. The second kappa shape index (κ2) is 8.14. The van der Waals surface area contributed by atoms with Gasteiger partial charge in [0.1, 0.15) is 17.9 Å². The van der Waals surface area contributed by atoms with E-state index in [1.54, 1.807) is 16.6 Å². The van der Waals surface area contributed by atoms with Crippen molar-refractivity contribution in [2.45, 2.75) is 25.0 Å². The number of phosphoric ester groups is 1. The molecule has 15 nitrogen and oxygen atoms in total. The molecule has 1 aliphatic heterocycles. The highest BCUT2D eigenvalue weighted by Gasteiger charge is 2.41. The standard InChI is InChI=1S/C11H17N4O11P3/c12-11-9-3-2-8(15(9)14-6-13-11)10-4-1-7(24-10)5-23-28(19,20)26-29(21,22)25-27(16,17)18/h2-3,6-7,10H,1,4-5H2,(H,19,20)(H,21,22)(H2,12,13,14)(H2,16,17,18)/t7?,10-/m1/s1. The van der Waals surface area contributed by atoms with E-state index in [1.165, 1.54) is 6.33 Å². The van der Waals surface area contributed by atoms with Crippen molar-refractivity contribution in [2.24, 2.45) is 0 Å². The van der Waals surface area contributed by atoms with Gasteiger partial charge in [-0.3, -0.25) is 4.52 Å². The molecule has 29 heavy (non-hydrogen) atoms. The SMILES string of the molecule is Nc1ncnn2c([C@H]3CCC(COP(=O)(O)OP(=O)(O)OP(=O)(O)O)O3)ccc12. The summed E-state index contributed by atoms with van der Waals surface area (Å²) in [5, 5.41) is 4.10. The number of fused-ring (bicyclic) bond motifs is 1. The average molecular weight is 474 g/mol. The van der Waals surface area contributed by atoms with E-state index in [2.05, 4.69) is 23.2 Å². The second-order valence-corrected chi connectivity index (χ2v) is 10.3. The van der Waals surface area contributed by atoms with Crippen molar-refractivity contribution in [2.75, 3.05) is 12.3 Å². The van der Waals surface area contributed by atoms with Crippen LogP contribution >= 0.6 is 23.5 Å². The predicted molar refractivity (Wildman–Crippen MR) is 94.1 cm³/mol. The van der Waals surface area contributed by atoms with Crippen LogP contribution in [-0.2, 0) is 31.6 Å². The molecule has 0 aliphatic carbocycles. The van der Waals surface area contributed by atoms with Crippen molar-refractivity contribution < 1.29 is 51.2 Å². The maximum absolute atomic E-state index is 11.7. The third kappa shape index (κ3) is 5.91. The number of nitrogens with zero attached hydrogens (tertiary/aromatic N) is 3. The van der Waals surface area contributed by atoms with Crippen LogP contribution in [0.4, 0.5) is 5.82 Å². The zero-order valence-electron chi connectivity index (χ0n) is 14.4. The zero-order valence-corrected chi connectivity index (χ0v) is 17.1. The Bertz CT molecular complexity index is 1040. The lowest BCUT2D eigenvalue weighted by Crippen LogP contribution is -2.15. The van der Waals surface area contributed by atoms with Crippen LogP contribution in [0.3, 0.4) is 0 Å². The van der Waals surface area contributed by atoms with Crippen molar-refractivity contribution in [3.8, 4) is 0 Å². The molecule has 2 aromatic rings. The summed E-state index contributed by atoms with van der Waals surface area (Å²) in [7, 11) is -16.2. The van der Waals surface area contributed by atoms with Gasteiger partial charge in [0.2, 0.25) is 0 Å². The first-order valence-corrected chi connectivity index (χ1v) is 12.4. The number of hydrogen-bond donors (Lipinski definition) is 5. The Morgan fingerprint density at radius 1 is 1.14 bits per heavy atom. The summed E-state index contributed by atoms with van der Waals surface area (Å²) >= 11 is 0. The van der Waals surface area contributed by atoms with E-state index >= 15 is 0 Å². The topological polar surface area (TPSA) is 225 Å². The number of anilines is 1. The maximum Gasteiger partial charge on any atom is 0.490 e. The molecular formula is C11H17N4O11P3. The molecule has 18 heteroatoms. The second-order valence-electron chi connectivity index (χ2n) is 5.91. The summed E-state index contributed by atoms with van der Waals surface area (Å²) in [5.74, 6) is 0.286. The first kappa shape index (κ1) is 22.5. The molecule has 4 atom stereocenters. The minimum Gasteiger partial charge on any atom is -0.382 e. The molecule has 3 unspecified atom stereocenters. The van der Waals surface area contributed by atoms with Crippen molar-refractivity contribution in [3.05, 3.63) is 24.2 Å². The van der Waals surface area contributed by atoms with E-state index in [9.17, 15) is 18.6 Å². The first-order chi connectivity index (χ1) is 13.4. The lowest BCUT2D eigenvalue weighted by molar-refractivity contribution is 0.00777. The van der Waals surface area contributed by atoms with Crippen molar-refractivity contribution in [1.29, 1.82) is 0 Å². The highest BCUT2D eigenvalue weighted by Crippen LogP contribution is 2.66. The molecule has 1 fully saturated rings. The molecule has 3 rings (SSSR count). The summed E-state index contributed by atoms with van der Waals surface area (Å²) in [4.78, 5) is 39.5. The lowest BCUT2D eigenvalue weighted by Gasteiger charge is -2.18. The van der Waals surface area contributed by atoms with Gasteiger partial charge in [-0.15, -0.1) is 0 Å². The monoisotopic (exact) mass is 474 g/mol. The van der Waals surface area contributed by atoms with E-state index < -0.39 is 42.3 Å². The molecule has 0 saturated carbocycles. The number of ether oxygens (including phenoxy) is 1. The van der Waals surface area contributed by atoms with Gasteiger partial charge >= 0.3 is 23.5 Å². The third-order valence-electron chi connectivity index (χ3n) is 3.79. The Labute approximate surface area is 162 Å². The summed E-state index contributed by atoms with van der Waals surface area (Å²) in [6.45, 7) is -0.499. The third-order valence-corrected chi connectivity index (χ3v) is 7.59. The van der Waals surface area contributed by atoms with Crippen LogP contribution < -0.4 is 5.73 Å². The number of nitrogen functional groups attached to an aromatic ring is 1. The molecule has 1 saturated heterocycles. The number of rotatable bonds is 8. The Morgan fingerprint density at radius 3 is 2.55 bits per heavy atom. The Balaban J connectivity index is 1.58. The summed E-state index contributed by atoms with van der Waals surface area (Å²) in [5.41, 5.74) is 7.03. The predicted octanol–water partition coefficient (Wildman–Crippen LogP) is 0.875. The molecular weight excluding hydrogens is 457 g/mol. The van der Waals surface area contributed by atoms with Gasteiger partial charge in [-0.25, -0.2) is 23.2 Å². The Morgan fingerprint density at radius 2 is 1.86 bits per heavy atom. The van der Waals surface area contributed by atoms with Crippen LogP contribution in [0.15, 0.2) is 18.5 Å². The molecule has 1 aliphatic rings. The van der Waals surface area contributed by atoms with E-state index in [4.69, 9.17) is 25.2 Å². The number of nitrogens with two attached hydrogens (primary N) is 1. The van der Waals surface area contributed by atoms with Gasteiger partial charge in [0.05, 0.1) is 18.4 Å². The van der Waals surface area contributed by atoms with Gasteiger partial charge in [-0.05, 0) is 25.0 Å². The highest BCUT2D eigenvalue weighted by atomic mass is 31.3. The largest absolute Gasteiger partial charge is 0.490 e. The van der Waals surface area contributed by atoms with Crippen LogP contribution in [0.2, 0.25) is 0 Å². The van der Waals surface area contributed by atoms with Crippen LogP contribution in [0.1, 0.15) is 24.6 Å². The van der Waals surface area contributed by atoms with Crippen LogP contribution in [0.25, 0.3) is 5.52 Å². The van der Waals surface area contributed by atoms with Gasteiger partial charge < -0.3 is 30.0 Å². The first-order valence-electron chi connectivity index (χ1n) is 7.87. The van der Waals surface area contributed by atoms with E-state index in [0.717, 1.165) is 0 Å². The average Bonchev–Trinajstić information content (AvgIpc) is 3.16. The van der Waals surface area contributed by atoms with Crippen molar-refractivity contribution in [1.82, 2.24) is 14.6 Å². The fraction of sp³-hybridized carbons (Fsp3) is 0.455. The molecule has 3 heterocycles. The van der Waals surface area contributed by atoms with Gasteiger partial charge in [-0.2, -0.15) is 13.7 Å². The van der Waals surface area contributed by atoms with Gasteiger partial charge in [-0.1, -0.05) is 0 Å². The van der Waals surface area contributed by atoms with Gasteiger partial charge in [0.25, 0.3) is 0 Å².